The Balaban J connectivity index is 2.07. The van der Waals surface area contributed by atoms with Crippen LogP contribution in [0.2, 0.25) is 0 Å². The quantitative estimate of drug-likeness (QED) is 0.810. The van der Waals surface area contributed by atoms with Crippen molar-refractivity contribution in [3.05, 3.63) is 29.8 Å². The molecule has 1 fully saturated rings. The number of likely N-dealkylation sites (tertiary alicyclic amines) is 1. The van der Waals surface area contributed by atoms with E-state index in [1.807, 2.05) is 12.1 Å². The highest BCUT2D eigenvalue weighted by molar-refractivity contribution is 5.76. The average molecular weight is 235 g/mol. The summed E-state index contributed by atoms with van der Waals surface area (Å²) in [6.45, 7) is 2.96. The first-order valence-electron chi connectivity index (χ1n) is 5.76. The number of hydrogen-bond acceptors (Lipinski definition) is 4. The van der Waals surface area contributed by atoms with Gasteiger partial charge in [0.05, 0.1) is 7.11 Å². The van der Waals surface area contributed by atoms with Crippen LogP contribution >= 0.6 is 0 Å². The molecule has 4 nitrogen and oxygen atoms in total. The van der Waals surface area contributed by atoms with E-state index in [4.69, 9.17) is 4.74 Å². The van der Waals surface area contributed by atoms with E-state index in [-0.39, 0.29) is 23.8 Å². The minimum absolute atomic E-state index is 0.121. The molecule has 1 saturated heterocycles. The third-order valence-electron chi connectivity index (χ3n) is 3.41. The van der Waals surface area contributed by atoms with Gasteiger partial charge in [-0.15, -0.1) is 0 Å². The van der Waals surface area contributed by atoms with Crippen molar-refractivity contribution in [3.8, 4) is 5.75 Å². The third kappa shape index (κ3) is 2.26. The van der Waals surface area contributed by atoms with Crippen LogP contribution in [0, 0.1) is 0 Å². The number of carbonyl (C=O) groups excluding carboxylic acids is 1. The van der Waals surface area contributed by atoms with Gasteiger partial charge in [-0.2, -0.15) is 0 Å². The van der Waals surface area contributed by atoms with Crippen LogP contribution in [0.4, 0.5) is 0 Å². The molecular weight excluding hydrogens is 218 g/mol. The van der Waals surface area contributed by atoms with Gasteiger partial charge in [0.15, 0.2) is 0 Å². The van der Waals surface area contributed by atoms with Crippen molar-refractivity contribution in [1.29, 1.82) is 0 Å². The minimum Gasteiger partial charge on any atom is -0.508 e. The van der Waals surface area contributed by atoms with E-state index in [0.717, 1.165) is 18.5 Å². The Morgan fingerprint density at radius 3 is 2.59 bits per heavy atom. The lowest BCUT2D eigenvalue weighted by Gasteiger charge is -2.43. The van der Waals surface area contributed by atoms with Crippen molar-refractivity contribution in [2.45, 2.75) is 25.4 Å². The monoisotopic (exact) mass is 235 g/mol. The molecule has 4 heteroatoms. The number of aromatic hydroxyl groups is 1. The Hall–Kier alpha value is -1.55. The van der Waals surface area contributed by atoms with Gasteiger partial charge in [0, 0.05) is 12.6 Å². The average Bonchev–Trinajstić information content (AvgIpc) is 2.28. The molecule has 1 aromatic carbocycles. The van der Waals surface area contributed by atoms with E-state index in [0.29, 0.717) is 0 Å². The fourth-order valence-electron chi connectivity index (χ4n) is 2.20. The van der Waals surface area contributed by atoms with Crippen LogP contribution in [-0.2, 0) is 9.53 Å². The molecule has 1 aliphatic rings. The molecule has 17 heavy (non-hydrogen) atoms. The number of ether oxygens (including phenoxy) is 1. The zero-order chi connectivity index (χ0) is 12.4. The smallest absolute Gasteiger partial charge is 0.323 e. The standard InChI is InChI=1S/C13H17NO3/c1-9(10-3-5-11(15)6-4-10)14-8-7-12(14)13(16)17-2/h3-6,9,12,15H,7-8H2,1-2H3/t9-,12?/m1/s1. The number of rotatable bonds is 3. The molecule has 0 saturated carbocycles. The summed E-state index contributed by atoms with van der Waals surface area (Å²) in [7, 11) is 1.42. The van der Waals surface area contributed by atoms with Gasteiger partial charge < -0.3 is 9.84 Å². The molecule has 0 aliphatic carbocycles. The predicted octanol–water partition coefficient (Wildman–Crippen LogP) is 1.70. The molecule has 1 aliphatic heterocycles. The third-order valence-corrected chi connectivity index (χ3v) is 3.41. The summed E-state index contributed by atoms with van der Waals surface area (Å²) >= 11 is 0. The largest absolute Gasteiger partial charge is 0.508 e. The highest BCUT2D eigenvalue weighted by Gasteiger charge is 2.38. The number of esters is 1. The topological polar surface area (TPSA) is 49.8 Å². The van der Waals surface area contributed by atoms with E-state index >= 15 is 0 Å². The number of hydrogen-bond donors (Lipinski definition) is 1. The van der Waals surface area contributed by atoms with Crippen molar-refractivity contribution in [1.82, 2.24) is 4.90 Å². The van der Waals surface area contributed by atoms with Crippen molar-refractivity contribution >= 4 is 5.97 Å². The number of carbonyl (C=O) groups is 1. The van der Waals surface area contributed by atoms with Crippen LogP contribution in [-0.4, -0.2) is 35.7 Å². The summed E-state index contributed by atoms with van der Waals surface area (Å²) in [6, 6.07) is 7.13. The molecule has 1 heterocycles. The van der Waals surface area contributed by atoms with Crippen molar-refractivity contribution < 1.29 is 14.6 Å². The molecule has 92 valence electrons. The van der Waals surface area contributed by atoms with Crippen LogP contribution in [0.5, 0.6) is 5.75 Å². The Morgan fingerprint density at radius 2 is 2.12 bits per heavy atom. The number of phenols is 1. The van der Waals surface area contributed by atoms with E-state index in [1.165, 1.54) is 7.11 Å². The summed E-state index contributed by atoms with van der Waals surface area (Å²) in [5.74, 6) is 0.0935. The fourth-order valence-corrected chi connectivity index (χ4v) is 2.20. The first-order valence-corrected chi connectivity index (χ1v) is 5.76. The first kappa shape index (κ1) is 11.9. The number of benzene rings is 1. The Labute approximate surface area is 101 Å². The molecule has 0 radical (unpaired) electrons. The molecule has 2 atom stereocenters. The Bertz CT molecular complexity index is 402. The lowest BCUT2D eigenvalue weighted by atomic mass is 9.96. The van der Waals surface area contributed by atoms with E-state index in [1.54, 1.807) is 12.1 Å². The molecule has 0 aromatic heterocycles. The summed E-state index contributed by atoms with van der Waals surface area (Å²) in [5, 5.41) is 9.24. The summed E-state index contributed by atoms with van der Waals surface area (Å²) < 4.78 is 4.77. The van der Waals surface area contributed by atoms with Crippen LogP contribution in [0.15, 0.2) is 24.3 Å². The number of nitrogens with zero attached hydrogens (tertiary/aromatic N) is 1. The highest BCUT2D eigenvalue weighted by Crippen LogP contribution is 2.31. The van der Waals surface area contributed by atoms with Gasteiger partial charge in [0.2, 0.25) is 0 Å². The zero-order valence-corrected chi connectivity index (χ0v) is 10.1. The minimum atomic E-state index is -0.165. The molecule has 0 bridgehead atoms. The number of phenolic OH excluding ortho intramolecular Hbond substituents is 1. The maximum absolute atomic E-state index is 11.5. The van der Waals surface area contributed by atoms with Crippen molar-refractivity contribution in [2.75, 3.05) is 13.7 Å². The van der Waals surface area contributed by atoms with E-state index < -0.39 is 0 Å². The lowest BCUT2D eigenvalue weighted by Crippen LogP contribution is -2.53. The van der Waals surface area contributed by atoms with Gasteiger partial charge in [-0.25, -0.2) is 0 Å². The summed E-state index contributed by atoms with van der Waals surface area (Å²) in [4.78, 5) is 13.6. The Kier molecular flexibility index (Phi) is 3.33. The van der Waals surface area contributed by atoms with Crippen LogP contribution in [0.3, 0.4) is 0 Å². The molecule has 0 amide bonds. The normalized spacial score (nSPS) is 21.6. The van der Waals surface area contributed by atoms with Gasteiger partial charge >= 0.3 is 5.97 Å². The lowest BCUT2D eigenvalue weighted by molar-refractivity contribution is -0.153. The highest BCUT2D eigenvalue weighted by atomic mass is 16.5. The zero-order valence-electron chi connectivity index (χ0n) is 10.1. The first-order chi connectivity index (χ1) is 8.13. The van der Waals surface area contributed by atoms with Gasteiger partial charge in [0.1, 0.15) is 11.8 Å². The summed E-state index contributed by atoms with van der Waals surface area (Å²) in [6.07, 6.45) is 0.856. The molecular formula is C13H17NO3. The van der Waals surface area contributed by atoms with Crippen molar-refractivity contribution in [2.24, 2.45) is 0 Å². The number of methoxy groups -OCH3 is 1. The van der Waals surface area contributed by atoms with Gasteiger partial charge in [0.25, 0.3) is 0 Å². The van der Waals surface area contributed by atoms with Gasteiger partial charge in [-0.1, -0.05) is 12.1 Å². The summed E-state index contributed by atoms with van der Waals surface area (Å²) in [5.41, 5.74) is 1.09. The van der Waals surface area contributed by atoms with E-state index in [9.17, 15) is 9.90 Å². The molecule has 2 rings (SSSR count). The second kappa shape index (κ2) is 4.75. The molecule has 0 spiro atoms. The van der Waals surface area contributed by atoms with Crippen LogP contribution in [0.25, 0.3) is 0 Å². The van der Waals surface area contributed by atoms with Crippen LogP contribution < -0.4 is 0 Å². The maximum Gasteiger partial charge on any atom is 0.323 e. The molecule has 1 N–H and O–H groups in total. The Morgan fingerprint density at radius 1 is 1.47 bits per heavy atom. The SMILES string of the molecule is COC(=O)C1CCN1[C@H](C)c1ccc(O)cc1. The van der Waals surface area contributed by atoms with E-state index in [2.05, 4.69) is 11.8 Å². The fraction of sp³-hybridized carbons (Fsp3) is 0.462. The molecule has 1 unspecified atom stereocenters. The second-order valence-corrected chi connectivity index (χ2v) is 4.33. The van der Waals surface area contributed by atoms with Gasteiger partial charge in [-0.3, -0.25) is 9.69 Å². The second-order valence-electron chi connectivity index (χ2n) is 4.33. The van der Waals surface area contributed by atoms with Crippen molar-refractivity contribution in [3.63, 3.8) is 0 Å². The molecule has 1 aromatic rings. The maximum atomic E-state index is 11.5. The van der Waals surface area contributed by atoms with Gasteiger partial charge in [-0.05, 0) is 31.0 Å². The van der Waals surface area contributed by atoms with Crippen LogP contribution in [0.1, 0.15) is 24.9 Å². The predicted molar refractivity (Wildman–Crippen MR) is 63.6 cm³/mol.